The molecule has 1 aromatic rings. The molecule has 2 heterocycles. The zero-order valence-electron chi connectivity index (χ0n) is 12.4. The van der Waals surface area contributed by atoms with Crippen molar-refractivity contribution in [1.82, 2.24) is 15.1 Å². The summed E-state index contributed by atoms with van der Waals surface area (Å²) in [5, 5.41) is 8.04. The highest BCUT2D eigenvalue weighted by Gasteiger charge is 2.42. The molecule has 1 spiro atoms. The molecule has 3 rings (SSSR count). The molecule has 0 radical (unpaired) electrons. The Hall–Kier alpha value is -0.390. The normalized spacial score (nSPS) is 24.9. The van der Waals surface area contributed by atoms with Crippen molar-refractivity contribution in [1.29, 1.82) is 0 Å². The Labute approximate surface area is 129 Å². The van der Waals surface area contributed by atoms with Crippen molar-refractivity contribution < 1.29 is 4.74 Å². The SMILES string of the molecule is Cc1nn(C)c(CNCC2CCOC3(CCC3)C2)c1Br. The summed E-state index contributed by atoms with van der Waals surface area (Å²) in [6.45, 7) is 4.94. The second kappa shape index (κ2) is 5.78. The summed E-state index contributed by atoms with van der Waals surface area (Å²) in [6, 6.07) is 0. The quantitative estimate of drug-likeness (QED) is 0.915. The molecule has 4 nitrogen and oxygen atoms in total. The first-order valence-corrected chi connectivity index (χ1v) is 8.42. The highest BCUT2D eigenvalue weighted by molar-refractivity contribution is 9.10. The summed E-state index contributed by atoms with van der Waals surface area (Å²) in [5.41, 5.74) is 2.55. The molecule has 1 unspecified atom stereocenters. The molecular formula is C15H24BrN3O. The average molecular weight is 342 g/mol. The van der Waals surface area contributed by atoms with E-state index >= 15 is 0 Å². The molecule has 0 bridgehead atoms. The number of ether oxygens (including phenoxy) is 1. The first kappa shape index (κ1) is 14.5. The summed E-state index contributed by atoms with van der Waals surface area (Å²) in [7, 11) is 2.01. The first-order valence-electron chi connectivity index (χ1n) is 7.62. The van der Waals surface area contributed by atoms with E-state index < -0.39 is 0 Å². The van der Waals surface area contributed by atoms with Gasteiger partial charge in [0.1, 0.15) is 0 Å². The summed E-state index contributed by atoms with van der Waals surface area (Å²) in [4.78, 5) is 0. The molecule has 1 saturated heterocycles. The molecule has 1 saturated carbocycles. The van der Waals surface area contributed by atoms with Gasteiger partial charge in [0.2, 0.25) is 0 Å². The van der Waals surface area contributed by atoms with Crippen LogP contribution in [0.25, 0.3) is 0 Å². The van der Waals surface area contributed by atoms with Crippen LogP contribution in [0, 0.1) is 12.8 Å². The molecule has 5 heteroatoms. The molecule has 2 fully saturated rings. The summed E-state index contributed by atoms with van der Waals surface area (Å²) >= 11 is 3.62. The lowest BCUT2D eigenvalue weighted by Gasteiger charge is -2.47. The summed E-state index contributed by atoms with van der Waals surface area (Å²) < 4.78 is 9.08. The third-order valence-electron chi connectivity index (χ3n) is 4.85. The van der Waals surface area contributed by atoms with Gasteiger partial charge in [0.15, 0.2) is 0 Å². The van der Waals surface area contributed by atoms with E-state index in [0.717, 1.165) is 35.8 Å². The van der Waals surface area contributed by atoms with Crippen molar-refractivity contribution in [3.05, 3.63) is 15.9 Å². The van der Waals surface area contributed by atoms with E-state index in [1.807, 2.05) is 18.7 Å². The van der Waals surface area contributed by atoms with Crippen LogP contribution in [-0.2, 0) is 18.3 Å². The van der Waals surface area contributed by atoms with Crippen LogP contribution in [0.4, 0.5) is 0 Å². The predicted octanol–water partition coefficient (Wildman–Crippen LogP) is 2.93. The molecule has 1 aliphatic carbocycles. The minimum atomic E-state index is 0.258. The monoisotopic (exact) mass is 341 g/mol. The van der Waals surface area contributed by atoms with Crippen LogP contribution in [0.5, 0.6) is 0 Å². The zero-order chi connectivity index (χ0) is 14.2. The Morgan fingerprint density at radius 2 is 2.30 bits per heavy atom. The number of hydrogen-bond acceptors (Lipinski definition) is 3. The highest BCUT2D eigenvalue weighted by Crippen LogP contribution is 2.44. The summed E-state index contributed by atoms with van der Waals surface area (Å²) in [5.74, 6) is 0.761. The number of nitrogens with one attached hydrogen (secondary N) is 1. The van der Waals surface area contributed by atoms with Crippen LogP contribution in [0.15, 0.2) is 4.47 Å². The Balaban J connectivity index is 1.50. The van der Waals surface area contributed by atoms with E-state index in [9.17, 15) is 0 Å². The average Bonchev–Trinajstić information content (AvgIpc) is 2.64. The number of hydrogen-bond donors (Lipinski definition) is 1. The molecule has 1 atom stereocenters. The number of aryl methyl sites for hydroxylation is 2. The molecule has 0 amide bonds. The highest BCUT2D eigenvalue weighted by atomic mass is 79.9. The molecule has 20 heavy (non-hydrogen) atoms. The van der Waals surface area contributed by atoms with Crippen LogP contribution in [-0.4, -0.2) is 28.5 Å². The standard InChI is InChI=1S/C15H24BrN3O/c1-11-14(16)13(19(2)18-11)10-17-9-12-4-7-20-15(8-12)5-3-6-15/h12,17H,3-10H2,1-2H3. The maximum absolute atomic E-state index is 5.99. The fourth-order valence-electron chi connectivity index (χ4n) is 3.49. The Kier molecular flexibility index (Phi) is 4.20. The van der Waals surface area contributed by atoms with Crippen molar-refractivity contribution >= 4 is 15.9 Å². The van der Waals surface area contributed by atoms with Gasteiger partial charge in [-0.1, -0.05) is 0 Å². The lowest BCUT2D eigenvalue weighted by Crippen LogP contribution is -2.47. The fourth-order valence-corrected chi connectivity index (χ4v) is 3.97. The first-order chi connectivity index (χ1) is 9.60. The Morgan fingerprint density at radius 3 is 2.90 bits per heavy atom. The maximum atomic E-state index is 5.99. The minimum absolute atomic E-state index is 0.258. The Morgan fingerprint density at radius 1 is 1.50 bits per heavy atom. The van der Waals surface area contributed by atoms with E-state index in [4.69, 9.17) is 4.74 Å². The van der Waals surface area contributed by atoms with Gasteiger partial charge < -0.3 is 10.1 Å². The van der Waals surface area contributed by atoms with E-state index in [0.29, 0.717) is 0 Å². The third-order valence-corrected chi connectivity index (χ3v) is 5.88. The maximum Gasteiger partial charge on any atom is 0.0739 e. The molecule has 2 aliphatic rings. The van der Waals surface area contributed by atoms with Gasteiger partial charge in [-0.05, 0) is 67.4 Å². The molecule has 1 aromatic heterocycles. The molecule has 1 aliphatic heterocycles. The minimum Gasteiger partial charge on any atom is -0.375 e. The van der Waals surface area contributed by atoms with Crippen LogP contribution in [0.3, 0.4) is 0 Å². The van der Waals surface area contributed by atoms with Crippen molar-refractivity contribution in [2.75, 3.05) is 13.2 Å². The fraction of sp³-hybridized carbons (Fsp3) is 0.800. The van der Waals surface area contributed by atoms with E-state index in [1.54, 1.807) is 0 Å². The van der Waals surface area contributed by atoms with Gasteiger partial charge in [-0.2, -0.15) is 5.10 Å². The van der Waals surface area contributed by atoms with Gasteiger partial charge in [0.25, 0.3) is 0 Å². The number of nitrogens with zero attached hydrogens (tertiary/aromatic N) is 2. The van der Waals surface area contributed by atoms with Crippen LogP contribution >= 0.6 is 15.9 Å². The van der Waals surface area contributed by atoms with Gasteiger partial charge in [-0.15, -0.1) is 0 Å². The predicted molar refractivity (Wildman–Crippen MR) is 82.6 cm³/mol. The largest absolute Gasteiger partial charge is 0.375 e. The lowest BCUT2D eigenvalue weighted by atomic mass is 9.72. The third kappa shape index (κ3) is 2.81. The van der Waals surface area contributed by atoms with Crippen LogP contribution in [0.1, 0.15) is 43.5 Å². The number of aromatic nitrogens is 2. The van der Waals surface area contributed by atoms with Crippen LogP contribution in [0.2, 0.25) is 0 Å². The van der Waals surface area contributed by atoms with Gasteiger partial charge in [0.05, 0.1) is 21.5 Å². The second-order valence-electron chi connectivity index (χ2n) is 6.34. The van der Waals surface area contributed by atoms with E-state index in [2.05, 4.69) is 26.3 Å². The number of halogens is 1. The molecule has 1 N–H and O–H groups in total. The van der Waals surface area contributed by atoms with Crippen molar-refractivity contribution in [3.63, 3.8) is 0 Å². The topological polar surface area (TPSA) is 39.1 Å². The molecule has 112 valence electrons. The van der Waals surface area contributed by atoms with Gasteiger partial charge in [-0.3, -0.25) is 4.68 Å². The van der Waals surface area contributed by atoms with Crippen molar-refractivity contribution in [2.24, 2.45) is 13.0 Å². The van der Waals surface area contributed by atoms with Gasteiger partial charge in [-0.25, -0.2) is 0 Å². The van der Waals surface area contributed by atoms with Gasteiger partial charge >= 0.3 is 0 Å². The van der Waals surface area contributed by atoms with Crippen molar-refractivity contribution in [3.8, 4) is 0 Å². The molecule has 0 aromatic carbocycles. The number of rotatable bonds is 4. The smallest absolute Gasteiger partial charge is 0.0739 e. The van der Waals surface area contributed by atoms with Gasteiger partial charge in [0, 0.05) is 20.2 Å². The van der Waals surface area contributed by atoms with Crippen LogP contribution < -0.4 is 5.32 Å². The second-order valence-corrected chi connectivity index (χ2v) is 7.14. The lowest BCUT2D eigenvalue weighted by molar-refractivity contribution is -0.142. The van der Waals surface area contributed by atoms with E-state index in [1.165, 1.54) is 37.8 Å². The Bertz CT molecular complexity index is 482. The zero-order valence-corrected chi connectivity index (χ0v) is 14.0. The van der Waals surface area contributed by atoms with Crippen molar-refractivity contribution in [2.45, 2.75) is 51.2 Å². The summed E-state index contributed by atoms with van der Waals surface area (Å²) in [6.07, 6.45) is 6.33. The molecular weight excluding hydrogens is 318 g/mol. The van der Waals surface area contributed by atoms with E-state index in [-0.39, 0.29) is 5.60 Å².